The predicted octanol–water partition coefficient (Wildman–Crippen LogP) is 6.48. The van der Waals surface area contributed by atoms with E-state index in [1.165, 1.54) is 0 Å². The number of fused-ring (bicyclic) bond motifs is 1. The molecule has 3 aromatic rings. The summed E-state index contributed by atoms with van der Waals surface area (Å²) in [5.74, 6) is -0.123. The summed E-state index contributed by atoms with van der Waals surface area (Å²) in [6.45, 7) is 4.85. The molecule has 6 nitrogen and oxygen atoms in total. The minimum atomic E-state index is -0.717. The molecular weight excluding hydrogens is 432 g/mol. The van der Waals surface area contributed by atoms with Gasteiger partial charge in [-0.05, 0) is 49.9 Å². The lowest BCUT2D eigenvalue weighted by molar-refractivity contribution is 0.0729. The first-order valence-corrected chi connectivity index (χ1v) is 11.6. The zero-order valence-electron chi connectivity index (χ0n) is 19.6. The van der Waals surface area contributed by atoms with E-state index < -0.39 is 11.6 Å². The van der Waals surface area contributed by atoms with Crippen LogP contribution in [0, 0.1) is 0 Å². The van der Waals surface area contributed by atoms with Crippen molar-refractivity contribution in [1.82, 2.24) is 0 Å². The Bertz CT molecular complexity index is 1190. The molecule has 178 valence electrons. The summed E-state index contributed by atoms with van der Waals surface area (Å²) in [5.41, 5.74) is -0.104. The normalized spacial score (nSPS) is 11.4. The summed E-state index contributed by atoms with van der Waals surface area (Å²) in [4.78, 5) is 25.6. The highest BCUT2D eigenvalue weighted by Crippen LogP contribution is 2.35. The van der Waals surface area contributed by atoms with E-state index in [0.717, 1.165) is 19.3 Å². The SMILES string of the molecule is CCC=CCCOc1ccc2c(OC(=O)c3ccccc3)c(OCCC=CCC)c(=O)oc2c1. The first-order chi connectivity index (χ1) is 16.6. The summed E-state index contributed by atoms with van der Waals surface area (Å²) in [6.07, 6.45) is 11.4. The number of hydrogen-bond donors (Lipinski definition) is 0. The fraction of sp³-hybridized carbons (Fsp3) is 0.286. The molecule has 34 heavy (non-hydrogen) atoms. The lowest BCUT2D eigenvalue weighted by atomic mass is 10.2. The van der Waals surface area contributed by atoms with Crippen LogP contribution in [-0.2, 0) is 0 Å². The molecule has 0 aliphatic carbocycles. The highest BCUT2D eigenvalue weighted by Gasteiger charge is 2.21. The number of carbonyl (C=O) groups excluding carboxylic acids is 1. The van der Waals surface area contributed by atoms with Gasteiger partial charge in [-0.15, -0.1) is 0 Å². The monoisotopic (exact) mass is 462 g/mol. The van der Waals surface area contributed by atoms with Crippen molar-refractivity contribution in [3.8, 4) is 17.2 Å². The fourth-order valence-corrected chi connectivity index (χ4v) is 3.22. The molecule has 0 amide bonds. The van der Waals surface area contributed by atoms with Crippen molar-refractivity contribution in [2.24, 2.45) is 0 Å². The fourth-order valence-electron chi connectivity index (χ4n) is 3.22. The Balaban J connectivity index is 1.92. The van der Waals surface area contributed by atoms with E-state index in [1.807, 2.05) is 19.1 Å². The van der Waals surface area contributed by atoms with Crippen molar-refractivity contribution in [3.05, 3.63) is 88.8 Å². The van der Waals surface area contributed by atoms with Crippen molar-refractivity contribution < 1.29 is 23.4 Å². The van der Waals surface area contributed by atoms with Gasteiger partial charge in [0.2, 0.25) is 5.75 Å². The van der Waals surface area contributed by atoms with Crippen LogP contribution < -0.4 is 19.8 Å². The van der Waals surface area contributed by atoms with E-state index in [-0.39, 0.29) is 23.7 Å². The molecule has 0 N–H and O–H groups in total. The molecule has 0 spiro atoms. The van der Waals surface area contributed by atoms with Gasteiger partial charge in [0.05, 0.1) is 24.2 Å². The smallest absolute Gasteiger partial charge is 0.383 e. The summed E-state index contributed by atoms with van der Waals surface area (Å²) in [5, 5.41) is 0.446. The van der Waals surface area contributed by atoms with Gasteiger partial charge in [-0.3, -0.25) is 0 Å². The summed E-state index contributed by atoms with van der Waals surface area (Å²) in [6, 6.07) is 13.6. The quantitative estimate of drug-likeness (QED) is 0.133. The minimum Gasteiger partial charge on any atom is -0.493 e. The number of rotatable bonds is 12. The maximum atomic E-state index is 12.8. The Kier molecular flexibility index (Phi) is 9.52. The van der Waals surface area contributed by atoms with Crippen LogP contribution >= 0.6 is 0 Å². The highest BCUT2D eigenvalue weighted by molar-refractivity contribution is 5.95. The number of allylic oxidation sites excluding steroid dienone is 2. The number of benzene rings is 2. The molecule has 0 bridgehead atoms. The van der Waals surface area contributed by atoms with Crippen molar-refractivity contribution >= 4 is 16.9 Å². The van der Waals surface area contributed by atoms with E-state index in [4.69, 9.17) is 18.6 Å². The Morgan fingerprint density at radius 1 is 0.853 bits per heavy atom. The number of ether oxygens (including phenoxy) is 3. The Morgan fingerprint density at radius 2 is 1.53 bits per heavy atom. The van der Waals surface area contributed by atoms with E-state index in [1.54, 1.807) is 48.5 Å². The predicted molar refractivity (Wildman–Crippen MR) is 133 cm³/mol. The van der Waals surface area contributed by atoms with Gasteiger partial charge in [0.25, 0.3) is 0 Å². The minimum absolute atomic E-state index is 0.0389. The molecule has 0 radical (unpaired) electrons. The van der Waals surface area contributed by atoms with Gasteiger partial charge in [-0.25, -0.2) is 9.59 Å². The van der Waals surface area contributed by atoms with E-state index in [0.29, 0.717) is 29.7 Å². The summed E-state index contributed by atoms with van der Waals surface area (Å²) >= 11 is 0. The lowest BCUT2D eigenvalue weighted by Crippen LogP contribution is -2.15. The first-order valence-electron chi connectivity index (χ1n) is 11.6. The molecule has 6 heteroatoms. The summed E-state index contributed by atoms with van der Waals surface area (Å²) < 4.78 is 22.7. The summed E-state index contributed by atoms with van der Waals surface area (Å²) in [7, 11) is 0. The van der Waals surface area contributed by atoms with Gasteiger partial charge in [0.15, 0.2) is 5.75 Å². The number of esters is 1. The zero-order valence-corrected chi connectivity index (χ0v) is 19.6. The van der Waals surface area contributed by atoms with Crippen LogP contribution in [-0.4, -0.2) is 19.2 Å². The molecule has 0 fully saturated rings. The number of carbonyl (C=O) groups is 1. The molecule has 0 atom stereocenters. The third-order valence-electron chi connectivity index (χ3n) is 4.89. The van der Waals surface area contributed by atoms with Gasteiger partial charge < -0.3 is 18.6 Å². The molecule has 0 aliphatic heterocycles. The van der Waals surface area contributed by atoms with Crippen LogP contribution in [0.3, 0.4) is 0 Å². The van der Waals surface area contributed by atoms with Crippen molar-refractivity contribution in [3.63, 3.8) is 0 Å². The Labute approximate surface area is 199 Å². The molecule has 2 aromatic carbocycles. The van der Waals surface area contributed by atoms with Gasteiger partial charge in [0, 0.05) is 6.07 Å². The largest absolute Gasteiger partial charge is 0.493 e. The molecule has 0 unspecified atom stereocenters. The molecule has 1 heterocycles. The third kappa shape index (κ3) is 6.85. The molecule has 1 aromatic heterocycles. The van der Waals surface area contributed by atoms with Crippen LogP contribution in [0.5, 0.6) is 17.2 Å². The average molecular weight is 463 g/mol. The molecule has 0 aliphatic rings. The van der Waals surface area contributed by atoms with Crippen molar-refractivity contribution in [2.75, 3.05) is 13.2 Å². The maximum absolute atomic E-state index is 12.8. The molecule has 0 saturated heterocycles. The second kappa shape index (κ2) is 13.0. The lowest BCUT2D eigenvalue weighted by Gasteiger charge is -2.13. The van der Waals surface area contributed by atoms with Crippen LogP contribution in [0.25, 0.3) is 11.0 Å². The standard InChI is InChI=1S/C28H30O6/c1-3-5-7-12-18-31-22-16-17-23-24(20-22)33-28(30)26(32-19-13-8-6-4-2)25(23)34-27(29)21-14-10-9-11-15-21/h5-11,14-17,20H,3-4,12-13,18-19H2,1-2H3. The van der Waals surface area contributed by atoms with Gasteiger partial charge in [0.1, 0.15) is 11.3 Å². The number of hydrogen-bond acceptors (Lipinski definition) is 6. The zero-order chi connectivity index (χ0) is 24.2. The van der Waals surface area contributed by atoms with Crippen LogP contribution in [0.1, 0.15) is 49.9 Å². The molecule has 3 rings (SSSR count). The third-order valence-corrected chi connectivity index (χ3v) is 4.89. The van der Waals surface area contributed by atoms with Gasteiger partial charge >= 0.3 is 11.6 Å². The maximum Gasteiger partial charge on any atom is 0.383 e. The average Bonchev–Trinajstić information content (AvgIpc) is 2.85. The van der Waals surface area contributed by atoms with Crippen LogP contribution in [0.4, 0.5) is 0 Å². The molecular formula is C28H30O6. The van der Waals surface area contributed by atoms with Crippen molar-refractivity contribution in [1.29, 1.82) is 0 Å². The van der Waals surface area contributed by atoms with E-state index in [9.17, 15) is 9.59 Å². The topological polar surface area (TPSA) is 75.0 Å². The highest BCUT2D eigenvalue weighted by atomic mass is 16.6. The van der Waals surface area contributed by atoms with Gasteiger partial charge in [-0.1, -0.05) is 56.4 Å². The van der Waals surface area contributed by atoms with Crippen LogP contribution in [0.15, 0.2) is 82.0 Å². The van der Waals surface area contributed by atoms with Crippen LogP contribution in [0.2, 0.25) is 0 Å². The second-order valence-electron chi connectivity index (χ2n) is 7.49. The Hall–Kier alpha value is -3.80. The van der Waals surface area contributed by atoms with E-state index in [2.05, 4.69) is 19.1 Å². The molecule has 0 saturated carbocycles. The second-order valence-corrected chi connectivity index (χ2v) is 7.49. The van der Waals surface area contributed by atoms with Crippen molar-refractivity contribution in [2.45, 2.75) is 39.5 Å². The van der Waals surface area contributed by atoms with Gasteiger partial charge in [-0.2, -0.15) is 0 Å². The van der Waals surface area contributed by atoms with E-state index >= 15 is 0 Å². The Morgan fingerprint density at radius 3 is 2.21 bits per heavy atom. The first kappa shape index (κ1) is 24.8.